The average molecular weight is 477 g/mol. The highest BCUT2D eigenvalue weighted by molar-refractivity contribution is 8.18. The lowest BCUT2D eigenvalue weighted by molar-refractivity contribution is 0.586. The van der Waals surface area contributed by atoms with Crippen molar-refractivity contribution in [3.8, 4) is 0 Å². The van der Waals surface area contributed by atoms with Crippen molar-refractivity contribution < 1.29 is 0 Å². The molecular weight excluding hydrogens is 462 g/mol. The van der Waals surface area contributed by atoms with Gasteiger partial charge in [0.15, 0.2) is 0 Å². The summed E-state index contributed by atoms with van der Waals surface area (Å²) < 4.78 is 2.17. The van der Waals surface area contributed by atoms with Crippen LogP contribution < -0.4 is 0 Å². The summed E-state index contributed by atoms with van der Waals surface area (Å²) in [5.74, 6) is 2.29. The fourth-order valence-corrected chi connectivity index (χ4v) is 7.45. The lowest BCUT2D eigenvalue weighted by Crippen LogP contribution is -2.31. The average Bonchev–Trinajstić information content (AvgIpc) is 3.12. The third kappa shape index (κ3) is 4.53. The quantitative estimate of drug-likeness (QED) is 0.332. The van der Waals surface area contributed by atoms with Gasteiger partial charge in [-0.1, -0.05) is 58.0 Å². The first kappa shape index (κ1) is 20.3. The number of aromatic nitrogens is 2. The van der Waals surface area contributed by atoms with Crippen molar-refractivity contribution in [2.75, 3.05) is 11.5 Å². The molecule has 0 unspecified atom stereocenters. The molecule has 25 heavy (non-hydrogen) atoms. The number of hydrogen-bond acceptors (Lipinski definition) is 3. The topological polar surface area (TPSA) is 17.8 Å². The van der Waals surface area contributed by atoms with Crippen molar-refractivity contribution >= 4 is 81.5 Å². The number of rotatable bonds is 5. The molecule has 1 fully saturated rings. The van der Waals surface area contributed by atoms with E-state index in [1.807, 2.05) is 36.0 Å². The first-order valence-electron chi connectivity index (χ1n) is 7.67. The van der Waals surface area contributed by atoms with E-state index in [9.17, 15) is 0 Å². The molecule has 1 aliphatic rings. The minimum absolute atomic E-state index is 0.0458. The van der Waals surface area contributed by atoms with E-state index in [0.717, 1.165) is 30.0 Å². The molecule has 0 amide bonds. The van der Waals surface area contributed by atoms with Gasteiger partial charge in [-0.2, -0.15) is 0 Å². The first-order chi connectivity index (χ1) is 11.9. The zero-order valence-electron chi connectivity index (χ0n) is 13.1. The van der Waals surface area contributed by atoms with Gasteiger partial charge in [-0.05, 0) is 36.3 Å². The smallest absolute Gasteiger partial charge is 0.0946 e. The van der Waals surface area contributed by atoms with Crippen molar-refractivity contribution in [2.24, 2.45) is 0 Å². The predicted octanol–water partition coefficient (Wildman–Crippen LogP) is 7.35. The van der Waals surface area contributed by atoms with Gasteiger partial charge in [-0.15, -0.1) is 23.5 Å². The van der Waals surface area contributed by atoms with Crippen LogP contribution in [0.5, 0.6) is 0 Å². The number of imidazole rings is 1. The van der Waals surface area contributed by atoms with Gasteiger partial charge in [0.1, 0.15) is 0 Å². The minimum atomic E-state index is 0.0458. The molecule has 1 aromatic heterocycles. The molecule has 2 heterocycles. The van der Waals surface area contributed by atoms with Crippen LogP contribution >= 0.6 is 81.5 Å². The van der Waals surface area contributed by atoms with Crippen LogP contribution in [0, 0.1) is 0 Å². The highest BCUT2D eigenvalue weighted by Crippen LogP contribution is 2.49. The number of nitrogens with zero attached hydrogens (tertiary/aromatic N) is 2. The monoisotopic (exact) mass is 474 g/mol. The number of halogens is 5. The van der Waals surface area contributed by atoms with Crippen LogP contribution in [0.4, 0.5) is 0 Å². The molecule has 2 nitrogen and oxygen atoms in total. The van der Waals surface area contributed by atoms with E-state index in [2.05, 4.69) is 9.55 Å². The largest absolute Gasteiger partial charge is 0.335 e. The Morgan fingerprint density at radius 2 is 1.56 bits per heavy atom. The number of hydrogen-bond donors (Lipinski definition) is 0. The van der Waals surface area contributed by atoms with E-state index in [1.165, 1.54) is 6.42 Å². The molecule has 3 rings (SSSR count). The fourth-order valence-electron chi connectivity index (χ4n) is 2.78. The van der Waals surface area contributed by atoms with Crippen molar-refractivity contribution in [3.63, 3.8) is 0 Å². The third-order valence-corrected chi connectivity index (χ3v) is 9.82. The van der Waals surface area contributed by atoms with E-state index in [0.29, 0.717) is 16.5 Å². The van der Waals surface area contributed by atoms with Crippen LogP contribution in [0.2, 0.25) is 25.1 Å². The van der Waals surface area contributed by atoms with Crippen LogP contribution in [-0.4, -0.2) is 25.1 Å². The van der Waals surface area contributed by atoms with E-state index < -0.39 is 0 Å². The van der Waals surface area contributed by atoms with Crippen LogP contribution in [0.3, 0.4) is 0 Å². The Kier molecular flexibility index (Phi) is 7.09. The highest BCUT2D eigenvalue weighted by atomic mass is 35.5. The summed E-state index contributed by atoms with van der Waals surface area (Å²) in [6.45, 7) is 0.882. The number of benzene rings is 1. The van der Waals surface area contributed by atoms with Gasteiger partial charge < -0.3 is 4.57 Å². The van der Waals surface area contributed by atoms with Crippen molar-refractivity contribution in [3.05, 3.63) is 49.4 Å². The fraction of sp³-hybridized carbons (Fsp3) is 0.438. The molecule has 1 saturated heterocycles. The maximum Gasteiger partial charge on any atom is 0.0946 e. The Labute approximate surface area is 180 Å². The van der Waals surface area contributed by atoms with Gasteiger partial charge in [0, 0.05) is 18.9 Å². The molecular formula is C16H15Cl5N2S2. The summed E-state index contributed by atoms with van der Waals surface area (Å²) in [6.07, 6.45) is 8.46. The van der Waals surface area contributed by atoms with Gasteiger partial charge in [0.25, 0.3) is 0 Å². The van der Waals surface area contributed by atoms with Gasteiger partial charge >= 0.3 is 0 Å². The van der Waals surface area contributed by atoms with E-state index in [4.69, 9.17) is 58.0 Å². The lowest BCUT2D eigenvalue weighted by Gasteiger charge is -2.36. The lowest BCUT2D eigenvalue weighted by atomic mass is 10.1. The van der Waals surface area contributed by atoms with Crippen LogP contribution in [0.25, 0.3) is 0 Å². The van der Waals surface area contributed by atoms with Gasteiger partial charge in [-0.3, -0.25) is 0 Å². The summed E-state index contributed by atoms with van der Waals surface area (Å²) in [5.41, 5.74) is 0.763. The normalized spacial score (nSPS) is 17.0. The summed E-state index contributed by atoms with van der Waals surface area (Å²) >= 11 is 35.2. The van der Waals surface area contributed by atoms with Crippen molar-refractivity contribution in [1.29, 1.82) is 0 Å². The molecule has 1 aromatic carbocycles. The molecule has 0 saturated carbocycles. The maximum absolute atomic E-state index is 6.39. The Morgan fingerprint density at radius 3 is 2.12 bits per heavy atom. The second-order valence-electron chi connectivity index (χ2n) is 5.74. The Bertz CT molecular complexity index is 716. The van der Waals surface area contributed by atoms with Crippen LogP contribution in [0.1, 0.15) is 18.4 Å². The second kappa shape index (κ2) is 8.72. The van der Waals surface area contributed by atoms with Crippen molar-refractivity contribution in [1.82, 2.24) is 9.55 Å². The van der Waals surface area contributed by atoms with Crippen molar-refractivity contribution in [2.45, 2.75) is 29.9 Å². The minimum Gasteiger partial charge on any atom is -0.335 e. The zero-order chi connectivity index (χ0) is 18.0. The Morgan fingerprint density at radius 1 is 0.960 bits per heavy atom. The van der Waals surface area contributed by atoms with Gasteiger partial charge in [0.2, 0.25) is 0 Å². The summed E-state index contributed by atoms with van der Waals surface area (Å²) in [7, 11) is 0. The summed E-state index contributed by atoms with van der Waals surface area (Å²) in [6, 6.07) is 0. The summed E-state index contributed by atoms with van der Waals surface area (Å²) in [5, 5.41) is 1.52. The molecule has 0 spiro atoms. The highest BCUT2D eigenvalue weighted by Gasteiger charge is 2.34. The molecule has 0 N–H and O–H groups in total. The zero-order valence-corrected chi connectivity index (χ0v) is 18.5. The molecule has 0 atom stereocenters. The number of thioether (sulfide) groups is 2. The maximum atomic E-state index is 6.39. The SMILES string of the molecule is Clc1c(Cl)c(Cl)c(CCC2(Cn3ccnc3)SCCCS2)c(Cl)c1Cl. The third-order valence-electron chi connectivity index (χ3n) is 4.06. The standard InChI is InChI=1S/C16H15Cl5N2S2/c17-11-10(12(18)14(20)15(21)13(11)19)2-3-16(24-6-1-7-25-16)8-23-5-4-22-9-23/h4-5,9H,1-3,6-8H2. The Hall–Kier alpha value is 0.580. The van der Waals surface area contributed by atoms with Gasteiger partial charge in [0.05, 0.1) is 35.5 Å². The predicted molar refractivity (Wildman–Crippen MR) is 114 cm³/mol. The molecule has 136 valence electrons. The molecule has 0 bridgehead atoms. The van der Waals surface area contributed by atoms with E-state index in [-0.39, 0.29) is 19.1 Å². The molecule has 9 heteroatoms. The van der Waals surface area contributed by atoms with E-state index in [1.54, 1.807) is 6.20 Å². The molecule has 1 aliphatic heterocycles. The van der Waals surface area contributed by atoms with E-state index >= 15 is 0 Å². The molecule has 0 aliphatic carbocycles. The molecule has 0 radical (unpaired) electrons. The van der Waals surface area contributed by atoms with Crippen LogP contribution in [0.15, 0.2) is 18.7 Å². The second-order valence-corrected chi connectivity index (χ2v) is 10.8. The van der Waals surface area contributed by atoms with Gasteiger partial charge in [-0.25, -0.2) is 4.98 Å². The first-order valence-corrected chi connectivity index (χ1v) is 11.5. The molecule has 2 aromatic rings. The Balaban J connectivity index is 1.84. The summed E-state index contributed by atoms with van der Waals surface area (Å²) in [4.78, 5) is 4.15. The van der Waals surface area contributed by atoms with Crippen LogP contribution in [-0.2, 0) is 13.0 Å².